The molecule has 3 aromatic rings. The summed E-state index contributed by atoms with van der Waals surface area (Å²) in [4.78, 5) is 0. The number of hydrogen-bond acceptors (Lipinski definition) is 3. The predicted octanol–water partition coefficient (Wildman–Crippen LogP) is 4.94. The van der Waals surface area contributed by atoms with E-state index in [1.54, 1.807) is 6.92 Å². The summed E-state index contributed by atoms with van der Waals surface area (Å²) < 4.78 is 11.5. The molecule has 0 radical (unpaired) electrons. The van der Waals surface area contributed by atoms with Gasteiger partial charge >= 0.3 is 0 Å². The van der Waals surface area contributed by atoms with E-state index in [1.807, 2.05) is 6.07 Å². The van der Waals surface area contributed by atoms with Crippen molar-refractivity contribution in [3.05, 3.63) is 64.9 Å². The van der Waals surface area contributed by atoms with Gasteiger partial charge in [-0.2, -0.15) is 0 Å². The van der Waals surface area contributed by atoms with E-state index < -0.39 is 6.10 Å². The number of fused-ring (bicyclic) bond motifs is 2. The zero-order valence-corrected chi connectivity index (χ0v) is 15.0. The molecule has 0 bridgehead atoms. The number of rotatable bonds is 4. The quantitative estimate of drug-likeness (QED) is 0.734. The predicted molar refractivity (Wildman–Crippen MR) is 99.2 cm³/mol. The largest absolute Gasteiger partial charge is 0.492 e. The average molecular weight is 336 g/mol. The molecule has 0 saturated heterocycles. The van der Waals surface area contributed by atoms with Crippen LogP contribution < -0.4 is 4.74 Å². The Bertz CT molecular complexity index is 918. The highest BCUT2D eigenvalue weighted by molar-refractivity contribution is 5.78. The highest BCUT2D eigenvalue weighted by atomic mass is 16.5. The zero-order chi connectivity index (χ0) is 17.6. The first kappa shape index (κ1) is 16.2. The van der Waals surface area contributed by atoms with E-state index in [-0.39, 0.29) is 5.41 Å². The molecule has 1 atom stereocenters. The van der Waals surface area contributed by atoms with Crippen LogP contribution in [-0.2, 0) is 18.3 Å². The molecule has 3 heteroatoms. The van der Waals surface area contributed by atoms with Crippen LogP contribution in [0.4, 0.5) is 0 Å². The third-order valence-electron chi connectivity index (χ3n) is 5.08. The van der Waals surface area contributed by atoms with Gasteiger partial charge in [-0.3, -0.25) is 0 Å². The summed E-state index contributed by atoms with van der Waals surface area (Å²) >= 11 is 0. The second kappa shape index (κ2) is 5.92. The molecule has 25 heavy (non-hydrogen) atoms. The number of aryl methyl sites for hydroxylation is 2. The number of hydrogen-bond donors (Lipinski definition) is 1. The summed E-state index contributed by atoms with van der Waals surface area (Å²) in [6.45, 7) is 6.94. The molecule has 3 nitrogen and oxygen atoms in total. The first-order valence-electron chi connectivity index (χ1n) is 8.89. The van der Waals surface area contributed by atoms with Crippen molar-refractivity contribution in [2.75, 3.05) is 6.61 Å². The van der Waals surface area contributed by atoms with Gasteiger partial charge in [0.15, 0.2) is 0 Å². The minimum atomic E-state index is -0.576. The van der Waals surface area contributed by atoms with Crippen LogP contribution in [0.3, 0.4) is 0 Å². The molecule has 1 N–H and O–H groups in total. The van der Waals surface area contributed by atoms with Gasteiger partial charge in [0.1, 0.15) is 23.2 Å². The minimum Gasteiger partial charge on any atom is -0.492 e. The highest BCUT2D eigenvalue weighted by Crippen LogP contribution is 2.38. The van der Waals surface area contributed by atoms with Gasteiger partial charge in [0.05, 0.1) is 6.61 Å². The molecule has 4 rings (SSSR count). The van der Waals surface area contributed by atoms with E-state index in [9.17, 15) is 5.11 Å². The van der Waals surface area contributed by atoms with Crippen LogP contribution >= 0.6 is 0 Å². The fraction of sp³-hybridized carbons (Fsp3) is 0.364. The monoisotopic (exact) mass is 336 g/mol. The lowest BCUT2D eigenvalue weighted by atomic mass is 9.85. The normalized spacial score (nSPS) is 16.6. The smallest absolute Gasteiger partial charge is 0.134 e. The maximum atomic E-state index is 9.66. The molecule has 2 heterocycles. The van der Waals surface area contributed by atoms with Crippen molar-refractivity contribution in [3.8, 4) is 5.75 Å². The van der Waals surface area contributed by atoms with Gasteiger partial charge in [0.25, 0.3) is 0 Å². The second-order valence-corrected chi connectivity index (χ2v) is 7.70. The number of ether oxygens (including phenoxy) is 1. The van der Waals surface area contributed by atoms with Crippen LogP contribution in [0, 0.1) is 0 Å². The first-order valence-corrected chi connectivity index (χ1v) is 8.89. The van der Waals surface area contributed by atoms with Crippen LogP contribution in [0.5, 0.6) is 5.75 Å². The fourth-order valence-electron chi connectivity index (χ4n) is 3.47. The molecule has 1 aliphatic rings. The van der Waals surface area contributed by atoms with Gasteiger partial charge in [0.2, 0.25) is 0 Å². The molecule has 1 unspecified atom stereocenters. The van der Waals surface area contributed by atoms with Crippen molar-refractivity contribution in [2.45, 2.75) is 45.1 Å². The topological polar surface area (TPSA) is 42.6 Å². The van der Waals surface area contributed by atoms with E-state index in [1.165, 1.54) is 16.7 Å². The number of benzene rings is 2. The lowest BCUT2D eigenvalue weighted by molar-refractivity contribution is 0.172. The Kier molecular flexibility index (Phi) is 3.84. The Labute approximate surface area is 148 Å². The van der Waals surface area contributed by atoms with Gasteiger partial charge in [-0.05, 0) is 49.1 Å². The van der Waals surface area contributed by atoms with Gasteiger partial charge in [0, 0.05) is 16.4 Å². The third kappa shape index (κ3) is 3.05. The molecule has 0 fully saturated rings. The Balaban J connectivity index is 1.53. The molecule has 2 aromatic carbocycles. The highest BCUT2D eigenvalue weighted by Gasteiger charge is 2.31. The maximum absolute atomic E-state index is 9.66. The van der Waals surface area contributed by atoms with E-state index in [0.29, 0.717) is 5.76 Å². The van der Waals surface area contributed by atoms with Gasteiger partial charge < -0.3 is 14.3 Å². The first-order chi connectivity index (χ1) is 11.9. The molecule has 130 valence electrons. The van der Waals surface area contributed by atoms with E-state index in [0.717, 1.165) is 36.2 Å². The number of furan rings is 1. The van der Waals surface area contributed by atoms with Crippen molar-refractivity contribution in [3.63, 3.8) is 0 Å². The molecule has 1 aliphatic heterocycles. The van der Waals surface area contributed by atoms with Crippen molar-refractivity contribution in [1.82, 2.24) is 0 Å². The molecular weight excluding hydrogens is 312 g/mol. The summed E-state index contributed by atoms with van der Waals surface area (Å²) in [5, 5.41) is 10.7. The lowest BCUT2D eigenvalue weighted by Crippen LogP contribution is -2.18. The molecule has 0 aliphatic carbocycles. The van der Waals surface area contributed by atoms with Gasteiger partial charge in [-0.1, -0.05) is 38.1 Å². The van der Waals surface area contributed by atoms with Crippen molar-refractivity contribution >= 4 is 11.0 Å². The Morgan fingerprint density at radius 3 is 2.52 bits per heavy atom. The SMILES string of the molecule is CC(O)c1cc2ccc(CCc3ccc4c(c3)C(C)(C)CO4)cc2o1. The molecule has 0 spiro atoms. The Hall–Kier alpha value is -2.26. The molecule has 1 aromatic heterocycles. The van der Waals surface area contributed by atoms with Crippen LogP contribution in [-0.4, -0.2) is 11.7 Å². The standard InChI is InChI=1S/C22H24O3/c1-14(23)20-12-17-8-6-16(11-21(17)25-20)5-4-15-7-9-19-18(10-15)22(2,3)13-24-19/h6-12,14,23H,4-5,13H2,1-3H3. The van der Waals surface area contributed by atoms with Crippen LogP contribution in [0.15, 0.2) is 46.9 Å². The van der Waals surface area contributed by atoms with Gasteiger partial charge in [-0.15, -0.1) is 0 Å². The van der Waals surface area contributed by atoms with Crippen molar-refractivity contribution in [1.29, 1.82) is 0 Å². The van der Waals surface area contributed by atoms with E-state index in [4.69, 9.17) is 9.15 Å². The molecular formula is C22H24O3. The van der Waals surface area contributed by atoms with Crippen LogP contribution in [0.25, 0.3) is 11.0 Å². The Morgan fingerprint density at radius 1 is 1.04 bits per heavy atom. The number of aliphatic hydroxyl groups is 1. The van der Waals surface area contributed by atoms with Crippen molar-refractivity contribution in [2.24, 2.45) is 0 Å². The van der Waals surface area contributed by atoms with Gasteiger partial charge in [-0.25, -0.2) is 0 Å². The molecule has 0 saturated carbocycles. The van der Waals surface area contributed by atoms with Crippen LogP contribution in [0.1, 0.15) is 49.3 Å². The Morgan fingerprint density at radius 2 is 1.76 bits per heavy atom. The summed E-state index contributed by atoms with van der Waals surface area (Å²) in [6, 6.07) is 14.8. The summed E-state index contributed by atoms with van der Waals surface area (Å²) in [5.74, 6) is 1.64. The fourth-order valence-corrected chi connectivity index (χ4v) is 3.47. The summed E-state index contributed by atoms with van der Waals surface area (Å²) in [6.07, 6.45) is 1.37. The lowest BCUT2D eigenvalue weighted by Gasteiger charge is -2.15. The zero-order valence-electron chi connectivity index (χ0n) is 15.0. The van der Waals surface area contributed by atoms with Crippen LogP contribution in [0.2, 0.25) is 0 Å². The minimum absolute atomic E-state index is 0.0931. The average Bonchev–Trinajstić information content (AvgIpc) is 3.14. The second-order valence-electron chi connectivity index (χ2n) is 7.70. The molecule has 0 amide bonds. The maximum Gasteiger partial charge on any atom is 0.134 e. The summed E-state index contributed by atoms with van der Waals surface area (Å²) in [7, 11) is 0. The third-order valence-corrected chi connectivity index (χ3v) is 5.08. The van der Waals surface area contributed by atoms with Crippen molar-refractivity contribution < 1.29 is 14.3 Å². The number of aliphatic hydroxyl groups excluding tert-OH is 1. The van der Waals surface area contributed by atoms with E-state index >= 15 is 0 Å². The van der Waals surface area contributed by atoms with E-state index in [2.05, 4.69) is 50.2 Å². The summed E-state index contributed by atoms with van der Waals surface area (Å²) in [5.41, 5.74) is 4.83.